The number of nitrogens with one attached hydrogen (secondary N) is 1. The first-order valence-electron chi connectivity index (χ1n) is 10.3. The topological polar surface area (TPSA) is 97.3 Å². The van der Waals surface area contributed by atoms with Gasteiger partial charge in [0.05, 0.1) is 28.6 Å². The van der Waals surface area contributed by atoms with Gasteiger partial charge in [-0.25, -0.2) is 9.67 Å². The van der Waals surface area contributed by atoms with Crippen LogP contribution < -0.4 is 16.0 Å². The third-order valence-electron chi connectivity index (χ3n) is 5.34. The number of fused-ring (bicyclic) bond motifs is 1. The van der Waals surface area contributed by atoms with Gasteiger partial charge in [-0.3, -0.25) is 24.4 Å². The summed E-state index contributed by atoms with van der Waals surface area (Å²) in [5.74, 6) is -0.243. The Labute approximate surface area is 186 Å². The zero-order chi connectivity index (χ0) is 22.1. The molecular weight excluding hydrogens is 428 g/mol. The normalized spacial score (nSPS) is 15.8. The van der Waals surface area contributed by atoms with Crippen LogP contribution in [0.1, 0.15) is 23.2 Å². The number of thiazole rings is 1. The van der Waals surface area contributed by atoms with Crippen molar-refractivity contribution in [3.63, 3.8) is 0 Å². The van der Waals surface area contributed by atoms with Gasteiger partial charge in [0.2, 0.25) is 0 Å². The zero-order valence-electron chi connectivity index (χ0n) is 17.1. The quantitative estimate of drug-likeness (QED) is 0.506. The number of hydrogen-bond donors (Lipinski definition) is 1. The van der Waals surface area contributed by atoms with Crippen molar-refractivity contribution in [2.75, 3.05) is 18.1 Å². The maximum Gasteiger partial charge on any atom is 0.269 e. The van der Waals surface area contributed by atoms with E-state index < -0.39 is 11.1 Å². The van der Waals surface area contributed by atoms with Crippen molar-refractivity contribution in [1.29, 1.82) is 0 Å². The molecule has 0 bridgehead atoms. The minimum atomic E-state index is -0.407. The summed E-state index contributed by atoms with van der Waals surface area (Å²) in [7, 11) is 0. The van der Waals surface area contributed by atoms with Crippen LogP contribution >= 0.6 is 11.3 Å². The molecule has 1 unspecified atom stereocenters. The van der Waals surface area contributed by atoms with E-state index in [1.165, 1.54) is 23.5 Å². The summed E-state index contributed by atoms with van der Waals surface area (Å²) in [4.78, 5) is 43.9. The highest BCUT2D eigenvalue weighted by Gasteiger charge is 2.27. The number of rotatable bonds is 5. The Morgan fingerprint density at radius 1 is 1.16 bits per heavy atom. The molecule has 0 spiro atoms. The molecule has 1 saturated heterocycles. The zero-order valence-corrected chi connectivity index (χ0v) is 17.9. The van der Waals surface area contributed by atoms with Crippen molar-refractivity contribution < 1.29 is 9.53 Å². The first-order chi connectivity index (χ1) is 15.6. The second kappa shape index (κ2) is 8.52. The Morgan fingerprint density at radius 2 is 2.03 bits per heavy atom. The summed E-state index contributed by atoms with van der Waals surface area (Å²) >= 11 is 1.45. The van der Waals surface area contributed by atoms with Crippen LogP contribution in [0.15, 0.2) is 70.3 Å². The lowest BCUT2D eigenvalue weighted by Gasteiger charge is -2.23. The number of para-hydroxylation sites is 1. The fraction of sp³-hybridized carbons (Fsp3) is 0.217. The molecule has 4 aromatic rings. The largest absolute Gasteiger partial charge is 0.376 e. The molecule has 1 aliphatic rings. The lowest BCUT2D eigenvalue weighted by atomic mass is 10.1. The van der Waals surface area contributed by atoms with Crippen LogP contribution in [-0.4, -0.2) is 39.9 Å². The van der Waals surface area contributed by atoms with Gasteiger partial charge in [-0.15, -0.1) is 0 Å². The number of amides is 1. The molecule has 1 N–H and O–H groups in total. The number of ether oxygens (including phenoxy) is 1. The van der Waals surface area contributed by atoms with Crippen LogP contribution in [0.4, 0.5) is 5.13 Å². The summed E-state index contributed by atoms with van der Waals surface area (Å²) in [6, 6.07) is 16.7. The highest BCUT2D eigenvalue weighted by atomic mass is 32.1. The average Bonchev–Trinajstić information content (AvgIpc) is 3.48. The van der Waals surface area contributed by atoms with E-state index in [0.29, 0.717) is 29.5 Å². The first-order valence-corrected chi connectivity index (χ1v) is 11.1. The third kappa shape index (κ3) is 4.00. The molecule has 32 heavy (non-hydrogen) atoms. The molecule has 0 saturated carbocycles. The lowest BCUT2D eigenvalue weighted by molar-refractivity contribution is 0.0917. The SMILES string of the molecule is O=C(c1cccc(-n2[nH]c(=O)ccc2=O)c1)N(CC1CCCO1)c1nc2ccccc2s1. The van der Waals surface area contributed by atoms with Crippen LogP contribution in [0, 0.1) is 0 Å². The van der Waals surface area contributed by atoms with Crippen molar-refractivity contribution in [1.82, 2.24) is 14.8 Å². The summed E-state index contributed by atoms with van der Waals surface area (Å²) in [5.41, 5.74) is 0.823. The molecule has 1 aliphatic heterocycles. The van der Waals surface area contributed by atoms with E-state index in [4.69, 9.17) is 4.74 Å². The maximum atomic E-state index is 13.6. The van der Waals surface area contributed by atoms with Gasteiger partial charge in [0.25, 0.3) is 17.0 Å². The number of carbonyl (C=O) groups excluding carboxylic acids is 1. The molecule has 1 amide bonds. The van der Waals surface area contributed by atoms with Gasteiger partial charge in [0.1, 0.15) is 0 Å². The number of nitrogens with zero attached hydrogens (tertiary/aromatic N) is 3. The van der Waals surface area contributed by atoms with Gasteiger partial charge in [0, 0.05) is 24.3 Å². The Morgan fingerprint density at radius 3 is 2.84 bits per heavy atom. The van der Waals surface area contributed by atoms with Crippen molar-refractivity contribution in [3.05, 3.63) is 86.9 Å². The number of aromatic nitrogens is 3. The van der Waals surface area contributed by atoms with Crippen molar-refractivity contribution >= 4 is 32.6 Å². The predicted octanol–water partition coefficient (Wildman–Crippen LogP) is 2.96. The van der Waals surface area contributed by atoms with E-state index in [-0.39, 0.29) is 12.0 Å². The fourth-order valence-electron chi connectivity index (χ4n) is 3.77. The number of anilines is 1. The molecule has 3 heterocycles. The van der Waals surface area contributed by atoms with Gasteiger partial charge in [0.15, 0.2) is 5.13 Å². The Hall–Kier alpha value is -3.56. The second-order valence-corrected chi connectivity index (χ2v) is 8.56. The number of hydrogen-bond acceptors (Lipinski definition) is 6. The Balaban J connectivity index is 1.54. The molecule has 8 nitrogen and oxygen atoms in total. The molecule has 0 aliphatic carbocycles. The molecular formula is C23H20N4O4S. The lowest BCUT2D eigenvalue weighted by Crippen LogP contribution is -2.37. The monoisotopic (exact) mass is 448 g/mol. The molecule has 2 aromatic carbocycles. The van der Waals surface area contributed by atoms with E-state index >= 15 is 0 Å². The van der Waals surface area contributed by atoms with Gasteiger partial charge >= 0.3 is 0 Å². The number of H-pyrrole nitrogens is 1. The van der Waals surface area contributed by atoms with Crippen molar-refractivity contribution in [3.8, 4) is 5.69 Å². The standard InChI is InChI=1S/C23H20N4O4S/c28-20-10-11-21(29)27(25-20)16-6-3-5-15(13-16)22(30)26(14-17-7-4-12-31-17)23-24-18-8-1-2-9-19(18)32-23/h1-3,5-6,8-11,13,17H,4,7,12,14H2,(H,25,28). The van der Waals surface area contributed by atoms with Crippen molar-refractivity contribution in [2.45, 2.75) is 18.9 Å². The van der Waals surface area contributed by atoms with Gasteiger partial charge in [-0.1, -0.05) is 29.5 Å². The smallest absolute Gasteiger partial charge is 0.269 e. The molecule has 1 fully saturated rings. The molecule has 0 radical (unpaired) electrons. The van der Waals surface area contributed by atoms with E-state index in [1.807, 2.05) is 24.3 Å². The molecule has 162 valence electrons. The summed E-state index contributed by atoms with van der Waals surface area (Å²) < 4.78 is 7.91. The Bertz CT molecular complexity index is 1370. The molecule has 1 atom stereocenters. The minimum Gasteiger partial charge on any atom is -0.376 e. The second-order valence-electron chi connectivity index (χ2n) is 7.55. The Kier molecular flexibility index (Phi) is 5.42. The fourth-order valence-corrected chi connectivity index (χ4v) is 4.74. The number of benzene rings is 2. The van der Waals surface area contributed by atoms with E-state index in [0.717, 1.165) is 27.7 Å². The number of carbonyl (C=O) groups is 1. The van der Waals surface area contributed by atoms with Crippen LogP contribution in [0.25, 0.3) is 15.9 Å². The molecule has 5 rings (SSSR count). The van der Waals surface area contributed by atoms with E-state index in [9.17, 15) is 14.4 Å². The molecule has 2 aromatic heterocycles. The van der Waals surface area contributed by atoms with Crippen LogP contribution in [-0.2, 0) is 4.74 Å². The highest BCUT2D eigenvalue weighted by molar-refractivity contribution is 7.22. The van der Waals surface area contributed by atoms with Crippen LogP contribution in [0.2, 0.25) is 0 Å². The molecule has 9 heteroatoms. The van der Waals surface area contributed by atoms with Crippen LogP contribution in [0.3, 0.4) is 0 Å². The van der Waals surface area contributed by atoms with Gasteiger partial charge in [-0.2, -0.15) is 0 Å². The van der Waals surface area contributed by atoms with Crippen LogP contribution in [0.5, 0.6) is 0 Å². The van der Waals surface area contributed by atoms with Gasteiger partial charge < -0.3 is 4.74 Å². The number of aromatic amines is 1. The first kappa shape index (κ1) is 20.3. The van der Waals surface area contributed by atoms with Gasteiger partial charge in [-0.05, 0) is 43.2 Å². The summed E-state index contributed by atoms with van der Waals surface area (Å²) in [5, 5.41) is 3.09. The van der Waals surface area contributed by atoms with Crippen molar-refractivity contribution in [2.24, 2.45) is 0 Å². The highest BCUT2D eigenvalue weighted by Crippen LogP contribution is 2.31. The maximum absolute atomic E-state index is 13.6. The van der Waals surface area contributed by atoms with E-state index in [2.05, 4.69) is 10.1 Å². The third-order valence-corrected chi connectivity index (χ3v) is 6.40. The minimum absolute atomic E-state index is 0.0535. The predicted molar refractivity (Wildman–Crippen MR) is 123 cm³/mol. The summed E-state index contributed by atoms with van der Waals surface area (Å²) in [6.45, 7) is 1.08. The average molecular weight is 449 g/mol. The summed E-state index contributed by atoms with van der Waals surface area (Å²) in [6.07, 6.45) is 1.80. The van der Waals surface area contributed by atoms with E-state index in [1.54, 1.807) is 29.2 Å².